The van der Waals surface area contributed by atoms with Crippen molar-refractivity contribution >= 4 is 38.8 Å². The number of thiophene rings is 1. The molecule has 0 bridgehead atoms. The molecular formula is C13H14BrN3S. The number of pyridine rings is 1. The summed E-state index contributed by atoms with van der Waals surface area (Å²) in [6, 6.07) is 4.47. The van der Waals surface area contributed by atoms with Gasteiger partial charge in [-0.05, 0) is 58.3 Å². The second kappa shape index (κ2) is 4.90. The molecule has 5 heteroatoms. The van der Waals surface area contributed by atoms with Gasteiger partial charge in [-0.15, -0.1) is 11.3 Å². The Kier molecular flexibility index (Phi) is 3.26. The third-order valence-electron chi connectivity index (χ3n) is 3.23. The van der Waals surface area contributed by atoms with E-state index in [0.717, 1.165) is 16.7 Å². The van der Waals surface area contributed by atoms with Crippen molar-refractivity contribution in [1.82, 2.24) is 4.98 Å². The van der Waals surface area contributed by atoms with Crippen molar-refractivity contribution in [3.63, 3.8) is 0 Å². The highest BCUT2D eigenvalue weighted by molar-refractivity contribution is 9.10. The highest BCUT2D eigenvalue weighted by atomic mass is 79.9. The monoisotopic (exact) mass is 323 g/mol. The van der Waals surface area contributed by atoms with Gasteiger partial charge in [0.1, 0.15) is 5.82 Å². The SMILES string of the molecule is Nc1cnc(NC2CCCc3sccc32)c(Br)c1. The quantitative estimate of drug-likeness (QED) is 0.878. The molecule has 1 unspecified atom stereocenters. The lowest BCUT2D eigenvalue weighted by Crippen LogP contribution is -2.16. The molecule has 1 aliphatic rings. The highest BCUT2D eigenvalue weighted by Gasteiger charge is 2.21. The van der Waals surface area contributed by atoms with Gasteiger partial charge < -0.3 is 11.1 Å². The molecule has 18 heavy (non-hydrogen) atoms. The number of nitrogens with two attached hydrogens (primary N) is 1. The van der Waals surface area contributed by atoms with Gasteiger partial charge in [0.05, 0.1) is 22.4 Å². The summed E-state index contributed by atoms with van der Waals surface area (Å²) < 4.78 is 0.921. The lowest BCUT2D eigenvalue weighted by molar-refractivity contribution is 0.606. The fourth-order valence-electron chi connectivity index (χ4n) is 2.36. The standard InChI is InChI=1S/C13H14BrN3S/c14-10-6-8(15)7-16-13(10)17-11-2-1-3-12-9(11)4-5-18-12/h4-7,11H,1-3,15H2,(H,16,17). The molecule has 2 aromatic rings. The van der Waals surface area contributed by atoms with Gasteiger partial charge in [0.25, 0.3) is 0 Å². The number of hydrogen-bond donors (Lipinski definition) is 2. The number of rotatable bonds is 2. The third kappa shape index (κ3) is 2.24. The Balaban J connectivity index is 1.86. The van der Waals surface area contributed by atoms with Crippen molar-refractivity contribution in [3.8, 4) is 0 Å². The predicted molar refractivity (Wildman–Crippen MR) is 80.0 cm³/mol. The zero-order chi connectivity index (χ0) is 12.5. The molecule has 0 aliphatic heterocycles. The Bertz CT molecular complexity index is 567. The summed E-state index contributed by atoms with van der Waals surface area (Å²) in [6.45, 7) is 0. The Hall–Kier alpha value is -1.07. The normalized spacial score (nSPS) is 18.4. The number of anilines is 2. The number of aromatic nitrogens is 1. The summed E-state index contributed by atoms with van der Waals surface area (Å²) in [7, 11) is 0. The summed E-state index contributed by atoms with van der Waals surface area (Å²) in [6.07, 6.45) is 5.28. The molecule has 0 saturated carbocycles. The average Bonchev–Trinajstić information content (AvgIpc) is 2.82. The first-order valence-electron chi connectivity index (χ1n) is 5.98. The second-order valence-electron chi connectivity index (χ2n) is 4.49. The van der Waals surface area contributed by atoms with Crippen molar-refractivity contribution in [2.75, 3.05) is 11.1 Å². The van der Waals surface area contributed by atoms with Crippen LogP contribution in [0.2, 0.25) is 0 Å². The van der Waals surface area contributed by atoms with Gasteiger partial charge in [-0.25, -0.2) is 4.98 Å². The van der Waals surface area contributed by atoms with Gasteiger partial charge in [-0.3, -0.25) is 0 Å². The lowest BCUT2D eigenvalue weighted by atomic mass is 9.94. The van der Waals surface area contributed by atoms with Crippen LogP contribution < -0.4 is 11.1 Å². The van der Waals surface area contributed by atoms with Crippen LogP contribution in [0.25, 0.3) is 0 Å². The van der Waals surface area contributed by atoms with Gasteiger partial charge in [-0.1, -0.05) is 0 Å². The Labute approximate surface area is 119 Å². The minimum atomic E-state index is 0.368. The number of aryl methyl sites for hydroxylation is 1. The fraction of sp³-hybridized carbons (Fsp3) is 0.308. The summed E-state index contributed by atoms with van der Waals surface area (Å²) in [5.74, 6) is 0.869. The summed E-state index contributed by atoms with van der Waals surface area (Å²) in [5, 5.41) is 5.69. The Morgan fingerprint density at radius 3 is 3.22 bits per heavy atom. The van der Waals surface area contributed by atoms with Crippen molar-refractivity contribution in [2.24, 2.45) is 0 Å². The zero-order valence-corrected chi connectivity index (χ0v) is 12.2. The molecule has 0 saturated heterocycles. The molecule has 0 aromatic carbocycles. The maximum atomic E-state index is 5.70. The Morgan fingerprint density at radius 1 is 1.50 bits per heavy atom. The molecule has 0 spiro atoms. The molecule has 2 heterocycles. The maximum absolute atomic E-state index is 5.70. The minimum absolute atomic E-state index is 0.368. The number of nitrogen functional groups attached to an aromatic ring is 1. The van der Waals surface area contributed by atoms with E-state index in [1.165, 1.54) is 23.3 Å². The molecular weight excluding hydrogens is 310 g/mol. The van der Waals surface area contributed by atoms with Gasteiger partial charge >= 0.3 is 0 Å². The van der Waals surface area contributed by atoms with Crippen molar-refractivity contribution < 1.29 is 0 Å². The molecule has 0 fully saturated rings. The molecule has 3 N–H and O–H groups in total. The second-order valence-corrected chi connectivity index (χ2v) is 6.34. The summed E-state index contributed by atoms with van der Waals surface area (Å²) >= 11 is 5.36. The highest BCUT2D eigenvalue weighted by Crippen LogP contribution is 2.36. The molecule has 3 rings (SSSR count). The van der Waals surface area contributed by atoms with E-state index >= 15 is 0 Å². The van der Waals surface area contributed by atoms with Gasteiger partial charge in [0.2, 0.25) is 0 Å². The number of fused-ring (bicyclic) bond motifs is 1. The van der Waals surface area contributed by atoms with Crippen LogP contribution >= 0.6 is 27.3 Å². The van der Waals surface area contributed by atoms with E-state index in [9.17, 15) is 0 Å². The van der Waals surface area contributed by atoms with Crippen LogP contribution in [0.15, 0.2) is 28.2 Å². The number of nitrogens with zero attached hydrogens (tertiary/aromatic N) is 1. The molecule has 1 aliphatic carbocycles. The smallest absolute Gasteiger partial charge is 0.140 e. The van der Waals surface area contributed by atoms with Crippen LogP contribution in [0.1, 0.15) is 29.3 Å². The molecule has 0 amide bonds. The number of halogens is 1. The molecule has 1 atom stereocenters. The van der Waals surface area contributed by atoms with E-state index in [1.807, 2.05) is 17.4 Å². The minimum Gasteiger partial charge on any atom is -0.397 e. The van der Waals surface area contributed by atoms with Crippen LogP contribution in [0.5, 0.6) is 0 Å². The van der Waals surface area contributed by atoms with Gasteiger partial charge in [-0.2, -0.15) is 0 Å². The van der Waals surface area contributed by atoms with Crippen LogP contribution in [-0.4, -0.2) is 4.98 Å². The molecule has 0 radical (unpaired) electrons. The largest absolute Gasteiger partial charge is 0.397 e. The zero-order valence-electron chi connectivity index (χ0n) is 9.82. The first kappa shape index (κ1) is 12.0. The lowest BCUT2D eigenvalue weighted by Gasteiger charge is -2.24. The third-order valence-corrected chi connectivity index (χ3v) is 4.83. The first-order valence-corrected chi connectivity index (χ1v) is 7.65. The van der Waals surface area contributed by atoms with E-state index < -0.39 is 0 Å². The Morgan fingerprint density at radius 2 is 2.39 bits per heavy atom. The van der Waals surface area contributed by atoms with Crippen LogP contribution in [0, 0.1) is 0 Å². The predicted octanol–water partition coefficient (Wildman–Crippen LogP) is 3.98. The van der Waals surface area contributed by atoms with Crippen molar-refractivity contribution in [1.29, 1.82) is 0 Å². The maximum Gasteiger partial charge on any atom is 0.140 e. The molecule has 2 aromatic heterocycles. The summed E-state index contributed by atoms with van der Waals surface area (Å²) in [5.41, 5.74) is 7.80. The van der Waals surface area contributed by atoms with E-state index in [2.05, 4.69) is 37.7 Å². The van der Waals surface area contributed by atoms with Gasteiger partial charge in [0, 0.05) is 4.88 Å². The van der Waals surface area contributed by atoms with E-state index in [-0.39, 0.29) is 0 Å². The average molecular weight is 324 g/mol. The van der Waals surface area contributed by atoms with Gasteiger partial charge in [0.15, 0.2) is 0 Å². The summed E-state index contributed by atoms with van der Waals surface area (Å²) in [4.78, 5) is 5.85. The topological polar surface area (TPSA) is 50.9 Å². The first-order chi connectivity index (χ1) is 8.74. The van der Waals surface area contributed by atoms with Crippen LogP contribution in [0.4, 0.5) is 11.5 Å². The number of nitrogens with one attached hydrogen (secondary N) is 1. The van der Waals surface area contributed by atoms with E-state index in [0.29, 0.717) is 11.7 Å². The van der Waals surface area contributed by atoms with E-state index in [4.69, 9.17) is 5.73 Å². The van der Waals surface area contributed by atoms with Crippen molar-refractivity contribution in [2.45, 2.75) is 25.3 Å². The van der Waals surface area contributed by atoms with Crippen LogP contribution in [0.3, 0.4) is 0 Å². The fourth-order valence-corrected chi connectivity index (χ4v) is 3.83. The van der Waals surface area contributed by atoms with Crippen molar-refractivity contribution in [3.05, 3.63) is 38.6 Å². The molecule has 94 valence electrons. The van der Waals surface area contributed by atoms with E-state index in [1.54, 1.807) is 6.20 Å². The van der Waals surface area contributed by atoms with Crippen LogP contribution in [-0.2, 0) is 6.42 Å². The molecule has 3 nitrogen and oxygen atoms in total. The number of hydrogen-bond acceptors (Lipinski definition) is 4.